The molecule has 0 saturated carbocycles. The molecule has 1 aromatic carbocycles. The molecule has 2 bridgehead atoms. The number of nitrogens with zero attached hydrogens (tertiary/aromatic N) is 1. The van der Waals surface area contributed by atoms with Gasteiger partial charge in [-0.05, 0) is 41.8 Å². The van der Waals surface area contributed by atoms with Crippen LogP contribution >= 0.6 is 11.6 Å². The zero-order valence-corrected chi connectivity index (χ0v) is 12.6. The first-order valence-corrected chi connectivity index (χ1v) is 7.56. The van der Waals surface area contributed by atoms with E-state index in [9.17, 15) is 0 Å². The molecular weight excluding hydrogens is 254 g/mol. The number of piperidine rings is 1. The maximum absolute atomic E-state index is 6.03. The Morgan fingerprint density at radius 3 is 2.95 bits per heavy atom. The van der Waals surface area contributed by atoms with Gasteiger partial charge in [0.05, 0.1) is 0 Å². The van der Waals surface area contributed by atoms with E-state index in [1.54, 1.807) is 5.56 Å². The number of hydrogen-bond donors (Lipinski definition) is 0. The topological polar surface area (TPSA) is 3.24 Å². The smallest absolute Gasteiger partial charge is 0.0338 e. The maximum Gasteiger partial charge on any atom is 0.0338 e. The molecule has 2 heteroatoms. The highest BCUT2D eigenvalue weighted by Crippen LogP contribution is 2.48. The van der Waals surface area contributed by atoms with E-state index in [-0.39, 0.29) is 0 Å². The van der Waals surface area contributed by atoms with Crippen LogP contribution in [0, 0.1) is 5.92 Å². The van der Waals surface area contributed by atoms with Crippen molar-refractivity contribution in [2.24, 2.45) is 5.92 Å². The van der Waals surface area contributed by atoms with E-state index in [4.69, 9.17) is 11.6 Å². The number of hydrogen-bond acceptors (Lipinski definition) is 1. The van der Waals surface area contributed by atoms with Gasteiger partial charge in [-0.25, -0.2) is 0 Å². The third-order valence-electron chi connectivity index (χ3n) is 5.41. The number of likely N-dealkylation sites (tertiary alicyclic amines) is 1. The van der Waals surface area contributed by atoms with Gasteiger partial charge in [-0.2, -0.15) is 0 Å². The lowest BCUT2D eigenvalue weighted by Gasteiger charge is -2.54. The van der Waals surface area contributed by atoms with Gasteiger partial charge in [-0.3, -0.25) is 4.90 Å². The van der Waals surface area contributed by atoms with Crippen molar-refractivity contribution >= 4 is 11.6 Å². The lowest BCUT2D eigenvalue weighted by molar-refractivity contribution is 0.0393. The standard InChI is InChI=1S/C17H22ClN/c1-12(18)11-19-9-8-17(3)13(2)16(19)10-14-6-4-5-7-15(14)17/h4-7,13,16H,1,8-11H2,2-3H3/t13-,16-,17-/m1/s1. The molecule has 0 N–H and O–H groups in total. The molecular formula is C17H22ClN. The van der Waals surface area contributed by atoms with Crippen LogP contribution in [0.25, 0.3) is 0 Å². The van der Waals surface area contributed by atoms with Gasteiger partial charge in [0.15, 0.2) is 0 Å². The second-order valence-electron chi connectivity index (χ2n) is 6.37. The van der Waals surface area contributed by atoms with Crippen molar-refractivity contribution in [1.29, 1.82) is 0 Å². The minimum atomic E-state index is 0.323. The van der Waals surface area contributed by atoms with E-state index in [1.165, 1.54) is 12.0 Å². The Bertz CT molecular complexity index is 510. The molecule has 3 rings (SSSR count). The first-order chi connectivity index (χ1) is 9.02. The average Bonchev–Trinajstić information content (AvgIpc) is 2.37. The first-order valence-electron chi connectivity index (χ1n) is 7.18. The summed E-state index contributed by atoms with van der Waals surface area (Å²) in [7, 11) is 0. The van der Waals surface area contributed by atoms with Gasteiger partial charge in [-0.15, -0.1) is 0 Å². The zero-order valence-electron chi connectivity index (χ0n) is 11.8. The zero-order chi connectivity index (χ0) is 13.6. The predicted octanol–water partition coefficient (Wildman–Crippen LogP) is 3.96. The maximum atomic E-state index is 6.03. The van der Waals surface area contributed by atoms with Crippen LogP contribution in [0.3, 0.4) is 0 Å². The summed E-state index contributed by atoms with van der Waals surface area (Å²) in [6.45, 7) is 10.7. The Morgan fingerprint density at radius 1 is 1.47 bits per heavy atom. The van der Waals surface area contributed by atoms with E-state index in [2.05, 4.69) is 49.6 Å². The van der Waals surface area contributed by atoms with Crippen molar-refractivity contribution in [3.05, 3.63) is 47.0 Å². The highest BCUT2D eigenvalue weighted by molar-refractivity contribution is 6.29. The second-order valence-corrected chi connectivity index (χ2v) is 6.91. The molecule has 1 nitrogen and oxygen atoms in total. The third kappa shape index (κ3) is 2.04. The summed E-state index contributed by atoms with van der Waals surface area (Å²) in [5.41, 5.74) is 3.42. The van der Waals surface area contributed by atoms with Crippen LogP contribution in [0.15, 0.2) is 35.9 Å². The monoisotopic (exact) mass is 275 g/mol. The van der Waals surface area contributed by atoms with Crippen LogP contribution in [0.1, 0.15) is 31.4 Å². The summed E-state index contributed by atoms with van der Waals surface area (Å²) in [6.07, 6.45) is 2.36. The van der Waals surface area contributed by atoms with Gasteiger partial charge in [-0.1, -0.05) is 56.3 Å². The van der Waals surface area contributed by atoms with Crippen molar-refractivity contribution in [1.82, 2.24) is 4.90 Å². The molecule has 0 radical (unpaired) electrons. The molecule has 3 atom stereocenters. The minimum Gasteiger partial charge on any atom is -0.295 e. The summed E-state index contributed by atoms with van der Waals surface area (Å²) < 4.78 is 0. The quantitative estimate of drug-likeness (QED) is 0.790. The van der Waals surface area contributed by atoms with Gasteiger partial charge < -0.3 is 0 Å². The first kappa shape index (κ1) is 13.2. The van der Waals surface area contributed by atoms with Crippen LogP contribution in [-0.2, 0) is 11.8 Å². The largest absolute Gasteiger partial charge is 0.295 e. The normalized spacial score (nSPS) is 33.8. The van der Waals surface area contributed by atoms with Gasteiger partial charge in [0.25, 0.3) is 0 Å². The fourth-order valence-electron chi connectivity index (χ4n) is 4.09. The molecule has 19 heavy (non-hydrogen) atoms. The molecule has 1 aromatic rings. The van der Waals surface area contributed by atoms with Crippen molar-refractivity contribution in [2.75, 3.05) is 13.1 Å². The van der Waals surface area contributed by atoms with Gasteiger partial charge in [0.1, 0.15) is 0 Å². The third-order valence-corrected chi connectivity index (χ3v) is 5.53. The van der Waals surface area contributed by atoms with Crippen molar-refractivity contribution < 1.29 is 0 Å². The van der Waals surface area contributed by atoms with Crippen LogP contribution in [0.4, 0.5) is 0 Å². The SMILES string of the molecule is C=C(Cl)CN1CC[C@@]2(C)c3ccccc3C[C@@H]1[C@H]2C. The van der Waals surface area contributed by atoms with E-state index >= 15 is 0 Å². The van der Waals surface area contributed by atoms with Crippen molar-refractivity contribution in [3.63, 3.8) is 0 Å². The summed E-state index contributed by atoms with van der Waals surface area (Å²) in [5.74, 6) is 0.673. The molecule has 1 aliphatic heterocycles. The average molecular weight is 276 g/mol. The van der Waals surface area contributed by atoms with Crippen LogP contribution < -0.4 is 0 Å². The Morgan fingerprint density at radius 2 is 2.21 bits per heavy atom. The Balaban J connectivity index is 1.99. The Hall–Kier alpha value is -0.790. The summed E-state index contributed by atoms with van der Waals surface area (Å²) in [6, 6.07) is 9.58. The number of benzene rings is 1. The van der Waals surface area contributed by atoms with Gasteiger partial charge in [0, 0.05) is 17.6 Å². The molecule has 1 heterocycles. The van der Waals surface area contributed by atoms with E-state index in [0.29, 0.717) is 17.4 Å². The number of fused-ring (bicyclic) bond motifs is 4. The molecule has 102 valence electrons. The molecule has 2 aliphatic rings. The van der Waals surface area contributed by atoms with Gasteiger partial charge in [0.2, 0.25) is 0 Å². The summed E-state index contributed by atoms with van der Waals surface area (Å²) >= 11 is 6.03. The van der Waals surface area contributed by atoms with Crippen molar-refractivity contribution in [2.45, 2.75) is 38.1 Å². The van der Waals surface area contributed by atoms with E-state index in [1.807, 2.05) is 0 Å². The molecule has 1 fully saturated rings. The molecule has 0 amide bonds. The summed E-state index contributed by atoms with van der Waals surface area (Å²) in [4.78, 5) is 2.53. The minimum absolute atomic E-state index is 0.323. The lowest BCUT2D eigenvalue weighted by Crippen LogP contribution is -2.58. The fraction of sp³-hybridized carbons (Fsp3) is 0.529. The van der Waals surface area contributed by atoms with Crippen LogP contribution in [0.5, 0.6) is 0 Å². The van der Waals surface area contributed by atoms with E-state index in [0.717, 1.165) is 24.5 Å². The van der Waals surface area contributed by atoms with Crippen LogP contribution in [-0.4, -0.2) is 24.0 Å². The number of halogens is 1. The molecule has 0 spiro atoms. The second kappa shape index (κ2) is 4.64. The Kier molecular flexibility index (Phi) is 3.23. The van der Waals surface area contributed by atoms with Crippen molar-refractivity contribution in [3.8, 4) is 0 Å². The van der Waals surface area contributed by atoms with Crippen LogP contribution in [0.2, 0.25) is 0 Å². The highest BCUT2D eigenvalue weighted by atomic mass is 35.5. The van der Waals surface area contributed by atoms with E-state index < -0.39 is 0 Å². The molecule has 1 saturated heterocycles. The number of rotatable bonds is 2. The molecule has 0 unspecified atom stereocenters. The molecule has 1 aliphatic carbocycles. The summed E-state index contributed by atoms with van der Waals surface area (Å²) in [5, 5.41) is 0.759. The lowest BCUT2D eigenvalue weighted by atomic mass is 9.59. The van der Waals surface area contributed by atoms with Gasteiger partial charge >= 0.3 is 0 Å². The highest BCUT2D eigenvalue weighted by Gasteiger charge is 2.47. The Labute approximate surface area is 121 Å². The predicted molar refractivity (Wildman–Crippen MR) is 81.6 cm³/mol. The molecule has 0 aromatic heterocycles. The fourth-order valence-corrected chi connectivity index (χ4v) is 4.25.